The second kappa shape index (κ2) is 11.2. The first-order valence-electron chi connectivity index (χ1n) is 11.8. The summed E-state index contributed by atoms with van der Waals surface area (Å²) in [6.07, 6.45) is 1.02. The van der Waals surface area contributed by atoms with Gasteiger partial charge >= 0.3 is 0 Å². The highest BCUT2D eigenvalue weighted by molar-refractivity contribution is 8.00. The van der Waals surface area contributed by atoms with Crippen molar-refractivity contribution >= 4 is 17.9 Å². The van der Waals surface area contributed by atoms with Crippen molar-refractivity contribution in [3.8, 4) is 17.1 Å². The molecule has 0 saturated carbocycles. The zero-order valence-corrected chi connectivity index (χ0v) is 21.5. The third-order valence-electron chi connectivity index (χ3n) is 5.79. The Bertz CT molecular complexity index is 1100. The van der Waals surface area contributed by atoms with Crippen molar-refractivity contribution in [2.24, 2.45) is 5.92 Å². The number of nitrogens with zero attached hydrogens (tertiary/aromatic N) is 3. The molecule has 1 aliphatic rings. The van der Waals surface area contributed by atoms with Crippen molar-refractivity contribution in [3.63, 3.8) is 0 Å². The second-order valence-corrected chi connectivity index (χ2v) is 10.3. The van der Waals surface area contributed by atoms with Gasteiger partial charge in [-0.3, -0.25) is 4.31 Å². The number of aryl methyl sites for hydroxylation is 2. The van der Waals surface area contributed by atoms with Crippen LogP contribution in [0.4, 0.5) is 5.95 Å². The van der Waals surface area contributed by atoms with Crippen LogP contribution in [-0.4, -0.2) is 36.5 Å². The molecule has 0 saturated heterocycles. The molecule has 34 heavy (non-hydrogen) atoms. The molecule has 0 spiro atoms. The van der Waals surface area contributed by atoms with Crippen LogP contribution >= 0.6 is 11.9 Å². The summed E-state index contributed by atoms with van der Waals surface area (Å²) < 4.78 is 13.8. The highest BCUT2D eigenvalue weighted by Gasteiger charge is 2.20. The van der Waals surface area contributed by atoms with Crippen molar-refractivity contribution in [1.82, 2.24) is 15.3 Å². The SMILES string of the molecule is COCN1Sc2cccc(c2)CNC(CC(C)C)COc2cc(-c3c(C)cccc3C)nc1n2. The van der Waals surface area contributed by atoms with Gasteiger partial charge in [0.25, 0.3) is 0 Å². The summed E-state index contributed by atoms with van der Waals surface area (Å²) in [6.45, 7) is 10.4. The first-order valence-corrected chi connectivity index (χ1v) is 12.6. The van der Waals surface area contributed by atoms with Crippen LogP contribution in [0.15, 0.2) is 53.4 Å². The maximum Gasteiger partial charge on any atom is 0.241 e. The summed E-state index contributed by atoms with van der Waals surface area (Å²) in [4.78, 5) is 10.9. The Balaban J connectivity index is 1.81. The number of fused-ring (bicyclic) bond motifs is 4. The Morgan fingerprint density at radius 2 is 1.88 bits per heavy atom. The second-order valence-electron chi connectivity index (χ2n) is 9.21. The first kappa shape index (κ1) is 24.5. The van der Waals surface area contributed by atoms with Gasteiger partial charge in [0.05, 0.1) is 5.69 Å². The molecule has 0 radical (unpaired) electrons. The monoisotopic (exact) mass is 478 g/mol. The molecular weight excluding hydrogens is 444 g/mol. The lowest BCUT2D eigenvalue weighted by Crippen LogP contribution is -2.35. The van der Waals surface area contributed by atoms with E-state index in [0.29, 0.717) is 31.1 Å². The molecule has 180 valence electrons. The lowest BCUT2D eigenvalue weighted by molar-refractivity contribution is 0.210. The fourth-order valence-corrected chi connectivity index (χ4v) is 5.17. The maximum absolute atomic E-state index is 6.31. The number of methoxy groups -OCH3 is 1. The van der Waals surface area contributed by atoms with Crippen LogP contribution in [0.5, 0.6) is 5.88 Å². The highest BCUT2D eigenvalue weighted by Crippen LogP contribution is 2.33. The van der Waals surface area contributed by atoms with Crippen LogP contribution in [-0.2, 0) is 11.3 Å². The third kappa shape index (κ3) is 6.09. The molecule has 2 aromatic carbocycles. The zero-order valence-electron chi connectivity index (χ0n) is 20.7. The number of hydrogen-bond donors (Lipinski definition) is 1. The number of hydrogen-bond acceptors (Lipinski definition) is 7. The van der Waals surface area contributed by atoms with Crippen molar-refractivity contribution in [3.05, 3.63) is 65.2 Å². The standard InChI is InChI=1S/C27H34N4O2S/c1-18(2)12-22-16-33-25-14-24(26-19(3)8-6-9-20(26)4)29-27(30-25)31(17-32-5)34-23-11-7-10-21(13-23)15-28-22/h6-11,13-14,18,22,28H,12,15-17H2,1-5H3. The smallest absolute Gasteiger partial charge is 0.241 e. The van der Waals surface area contributed by atoms with Gasteiger partial charge in [-0.25, -0.2) is 4.98 Å². The highest BCUT2D eigenvalue weighted by atomic mass is 32.2. The van der Waals surface area contributed by atoms with Gasteiger partial charge in [0, 0.05) is 36.2 Å². The molecule has 1 aromatic heterocycles. The summed E-state index contributed by atoms with van der Waals surface area (Å²) in [5.41, 5.74) is 5.55. The quantitative estimate of drug-likeness (QED) is 0.467. The van der Waals surface area contributed by atoms with Crippen LogP contribution in [0.1, 0.15) is 37.0 Å². The Morgan fingerprint density at radius 3 is 2.62 bits per heavy atom. The minimum absolute atomic E-state index is 0.217. The molecule has 3 aromatic rings. The number of benzene rings is 2. The van der Waals surface area contributed by atoms with E-state index < -0.39 is 0 Å². The van der Waals surface area contributed by atoms with Crippen LogP contribution in [0.3, 0.4) is 0 Å². The minimum Gasteiger partial charge on any atom is -0.476 e. The molecule has 2 heterocycles. The molecular formula is C27H34N4O2S. The number of aromatic nitrogens is 2. The van der Waals surface area contributed by atoms with E-state index in [9.17, 15) is 0 Å². The van der Waals surface area contributed by atoms with Crippen molar-refractivity contribution in [1.29, 1.82) is 0 Å². The van der Waals surface area contributed by atoms with Crippen molar-refractivity contribution in [2.75, 3.05) is 24.8 Å². The lowest BCUT2D eigenvalue weighted by Gasteiger charge is -2.22. The van der Waals surface area contributed by atoms with Crippen LogP contribution < -0.4 is 14.4 Å². The van der Waals surface area contributed by atoms with Gasteiger partial charge in [-0.05, 0) is 67.0 Å². The molecule has 7 heteroatoms. The molecule has 1 aliphatic heterocycles. The molecule has 6 nitrogen and oxygen atoms in total. The fraction of sp³-hybridized carbons (Fsp3) is 0.407. The molecule has 1 N–H and O–H groups in total. The van der Waals surface area contributed by atoms with Gasteiger partial charge in [-0.2, -0.15) is 4.98 Å². The van der Waals surface area contributed by atoms with E-state index in [1.54, 1.807) is 19.1 Å². The Morgan fingerprint density at radius 1 is 1.12 bits per heavy atom. The summed E-state index contributed by atoms with van der Waals surface area (Å²) in [7, 11) is 1.69. The summed E-state index contributed by atoms with van der Waals surface area (Å²) in [5, 5.41) is 3.69. The molecule has 4 bridgehead atoms. The van der Waals surface area contributed by atoms with E-state index in [-0.39, 0.29) is 6.04 Å². The largest absolute Gasteiger partial charge is 0.476 e. The predicted molar refractivity (Wildman–Crippen MR) is 139 cm³/mol. The van der Waals surface area contributed by atoms with E-state index in [0.717, 1.165) is 29.1 Å². The number of nitrogens with one attached hydrogen (secondary N) is 1. The average molecular weight is 479 g/mol. The summed E-state index contributed by atoms with van der Waals surface area (Å²) in [6, 6.07) is 17.0. The van der Waals surface area contributed by atoms with Gasteiger partial charge in [0.1, 0.15) is 13.3 Å². The van der Waals surface area contributed by atoms with Crippen LogP contribution in [0, 0.1) is 19.8 Å². The predicted octanol–water partition coefficient (Wildman–Crippen LogP) is 5.77. The minimum atomic E-state index is 0.217. The normalized spacial score (nSPS) is 16.4. The van der Waals surface area contributed by atoms with E-state index in [1.165, 1.54) is 16.7 Å². The Hall–Kier alpha value is -2.61. The number of anilines is 1. The van der Waals surface area contributed by atoms with Crippen molar-refractivity contribution in [2.45, 2.75) is 51.6 Å². The molecule has 0 amide bonds. The van der Waals surface area contributed by atoms with E-state index >= 15 is 0 Å². The average Bonchev–Trinajstić information content (AvgIpc) is 2.80. The topological polar surface area (TPSA) is 59.5 Å². The zero-order chi connectivity index (χ0) is 24.1. The van der Waals surface area contributed by atoms with E-state index in [2.05, 4.69) is 75.5 Å². The van der Waals surface area contributed by atoms with E-state index in [1.807, 2.05) is 10.4 Å². The van der Waals surface area contributed by atoms with Gasteiger partial charge in [-0.1, -0.05) is 44.2 Å². The molecule has 1 atom stereocenters. The third-order valence-corrected chi connectivity index (χ3v) is 6.75. The Labute approximate surface area is 207 Å². The summed E-state index contributed by atoms with van der Waals surface area (Å²) in [5.74, 6) is 1.70. The number of ether oxygens (including phenoxy) is 2. The maximum atomic E-state index is 6.31. The Kier molecular flexibility index (Phi) is 8.08. The van der Waals surface area contributed by atoms with Gasteiger partial charge in [-0.15, -0.1) is 0 Å². The van der Waals surface area contributed by atoms with Crippen LogP contribution in [0.25, 0.3) is 11.3 Å². The lowest BCUT2D eigenvalue weighted by atomic mass is 10.00. The fourth-order valence-electron chi connectivity index (χ4n) is 4.25. The van der Waals surface area contributed by atoms with Gasteiger partial charge in [0.2, 0.25) is 11.8 Å². The molecule has 4 rings (SSSR count). The van der Waals surface area contributed by atoms with Gasteiger partial charge in [0.15, 0.2) is 0 Å². The van der Waals surface area contributed by atoms with Gasteiger partial charge < -0.3 is 14.8 Å². The molecule has 0 aliphatic carbocycles. The van der Waals surface area contributed by atoms with Crippen LogP contribution in [0.2, 0.25) is 0 Å². The van der Waals surface area contributed by atoms with E-state index in [4.69, 9.17) is 19.4 Å². The van der Waals surface area contributed by atoms with Crippen molar-refractivity contribution < 1.29 is 9.47 Å². The molecule has 0 fully saturated rings. The first-order chi connectivity index (χ1) is 16.4. The number of rotatable bonds is 5. The summed E-state index contributed by atoms with van der Waals surface area (Å²) >= 11 is 1.57. The molecule has 1 unspecified atom stereocenters.